The number of nitrogens with one attached hydrogen (secondary N) is 1. The first-order valence-corrected chi connectivity index (χ1v) is 5.06. The van der Waals surface area contributed by atoms with Crippen LogP contribution in [0.2, 0.25) is 5.28 Å². The molecule has 1 N–H and O–H groups in total. The predicted molar refractivity (Wildman–Crippen MR) is 56.6 cm³/mol. The second-order valence-electron chi connectivity index (χ2n) is 3.30. The predicted octanol–water partition coefficient (Wildman–Crippen LogP) is 3.57. The van der Waals surface area contributed by atoms with E-state index in [9.17, 15) is 22.0 Å². The minimum Gasteiger partial charge on any atom is -0.333 e. The Kier molecular flexibility index (Phi) is 3.52. The maximum Gasteiger partial charge on any atom is 0.224 e. The largest absolute Gasteiger partial charge is 0.333 e. The van der Waals surface area contributed by atoms with Crippen LogP contribution < -0.4 is 5.32 Å². The third kappa shape index (κ3) is 2.58. The molecule has 1 heterocycles. The summed E-state index contributed by atoms with van der Waals surface area (Å²) in [5, 5.41) is 1.38. The molecule has 0 aliphatic rings. The van der Waals surface area contributed by atoms with E-state index >= 15 is 0 Å². The molecule has 2 rings (SSSR count). The van der Waals surface area contributed by atoms with E-state index in [1.165, 1.54) is 0 Å². The van der Waals surface area contributed by atoms with Crippen molar-refractivity contribution in [2.24, 2.45) is 0 Å². The Balaban J connectivity index is 2.52. The summed E-state index contributed by atoms with van der Waals surface area (Å²) < 4.78 is 65.7. The first-order chi connectivity index (χ1) is 8.90. The van der Waals surface area contributed by atoms with Gasteiger partial charge in [-0.25, -0.2) is 26.9 Å². The highest BCUT2D eigenvalue weighted by Crippen LogP contribution is 2.27. The van der Waals surface area contributed by atoms with Crippen LogP contribution in [0.25, 0.3) is 0 Å². The van der Waals surface area contributed by atoms with Crippen LogP contribution in [0.4, 0.5) is 33.5 Å². The molecule has 0 saturated heterocycles. The molecule has 0 saturated carbocycles. The molecule has 0 spiro atoms. The van der Waals surface area contributed by atoms with Gasteiger partial charge in [-0.1, -0.05) is 0 Å². The topological polar surface area (TPSA) is 37.8 Å². The molecule has 0 aliphatic heterocycles. The average Bonchev–Trinajstić information content (AvgIpc) is 2.36. The normalized spacial score (nSPS) is 10.6. The number of hydrogen-bond acceptors (Lipinski definition) is 3. The lowest BCUT2D eigenvalue weighted by molar-refractivity contribution is 0.459. The molecule has 0 fully saturated rings. The van der Waals surface area contributed by atoms with Crippen LogP contribution in [0.1, 0.15) is 0 Å². The molecular weight excluding hydrogens is 293 g/mol. The first-order valence-electron chi connectivity index (χ1n) is 4.68. The molecule has 0 aliphatic carbocycles. The highest BCUT2D eigenvalue weighted by Gasteiger charge is 2.20. The van der Waals surface area contributed by atoms with E-state index in [1.807, 2.05) is 0 Å². The van der Waals surface area contributed by atoms with E-state index in [2.05, 4.69) is 9.97 Å². The molecule has 0 amide bonds. The lowest BCUT2D eigenvalue weighted by Crippen LogP contribution is -2.06. The third-order valence-corrected chi connectivity index (χ3v) is 2.25. The van der Waals surface area contributed by atoms with E-state index in [0.717, 1.165) is 0 Å². The molecule has 9 heteroatoms. The van der Waals surface area contributed by atoms with Crippen molar-refractivity contribution in [1.29, 1.82) is 0 Å². The SMILES string of the molecule is Fc1cnc(Cl)nc1Nc1c(F)c(F)cc(F)c1F. The minimum atomic E-state index is -1.71. The van der Waals surface area contributed by atoms with Gasteiger partial charge in [0.1, 0.15) is 5.69 Å². The molecule has 2 aromatic rings. The van der Waals surface area contributed by atoms with Gasteiger partial charge in [0.25, 0.3) is 0 Å². The number of benzene rings is 1. The Morgan fingerprint density at radius 2 is 1.53 bits per heavy atom. The molecule has 1 aromatic carbocycles. The molecule has 0 bridgehead atoms. The number of nitrogens with zero attached hydrogens (tertiary/aromatic N) is 2. The fraction of sp³-hybridized carbons (Fsp3) is 0. The van der Waals surface area contributed by atoms with Gasteiger partial charge < -0.3 is 5.32 Å². The van der Waals surface area contributed by atoms with Crippen LogP contribution >= 0.6 is 11.6 Å². The van der Waals surface area contributed by atoms with Crippen LogP contribution in [-0.2, 0) is 0 Å². The summed E-state index contributed by atoms with van der Waals surface area (Å²) in [5.41, 5.74) is -1.22. The summed E-state index contributed by atoms with van der Waals surface area (Å²) in [6.45, 7) is 0. The van der Waals surface area contributed by atoms with Gasteiger partial charge in [-0.2, -0.15) is 4.98 Å². The van der Waals surface area contributed by atoms with Gasteiger partial charge in [-0.15, -0.1) is 0 Å². The number of halogens is 6. The average molecular weight is 296 g/mol. The molecule has 3 nitrogen and oxygen atoms in total. The van der Waals surface area contributed by atoms with Crippen molar-refractivity contribution in [3.05, 3.63) is 46.6 Å². The van der Waals surface area contributed by atoms with E-state index in [1.54, 1.807) is 5.32 Å². The maximum absolute atomic E-state index is 13.3. The van der Waals surface area contributed by atoms with Crippen molar-refractivity contribution in [2.45, 2.75) is 0 Å². The van der Waals surface area contributed by atoms with Crippen LogP contribution in [0, 0.1) is 29.1 Å². The lowest BCUT2D eigenvalue weighted by Gasteiger charge is -2.09. The van der Waals surface area contributed by atoms with Crippen molar-refractivity contribution in [1.82, 2.24) is 9.97 Å². The number of anilines is 2. The Hall–Kier alpha value is -1.96. The lowest BCUT2D eigenvalue weighted by atomic mass is 10.2. The molecular formula is C10H3ClF5N3. The smallest absolute Gasteiger partial charge is 0.224 e. The van der Waals surface area contributed by atoms with Crippen LogP contribution in [-0.4, -0.2) is 9.97 Å². The number of aromatic nitrogens is 2. The van der Waals surface area contributed by atoms with E-state index in [4.69, 9.17) is 11.6 Å². The van der Waals surface area contributed by atoms with Gasteiger partial charge >= 0.3 is 0 Å². The second-order valence-corrected chi connectivity index (χ2v) is 3.64. The van der Waals surface area contributed by atoms with Gasteiger partial charge in [0.2, 0.25) is 5.28 Å². The van der Waals surface area contributed by atoms with Gasteiger partial charge in [0.15, 0.2) is 34.9 Å². The Bertz CT molecular complexity index is 623. The summed E-state index contributed by atoms with van der Waals surface area (Å²) in [6.07, 6.45) is 0.628. The van der Waals surface area contributed by atoms with Gasteiger partial charge in [-0.05, 0) is 11.6 Å². The van der Waals surface area contributed by atoms with Gasteiger partial charge in [-0.3, -0.25) is 0 Å². The fourth-order valence-corrected chi connectivity index (χ4v) is 1.37. The summed E-state index contributed by atoms with van der Waals surface area (Å²) >= 11 is 5.36. The molecule has 0 radical (unpaired) electrons. The third-order valence-electron chi connectivity index (χ3n) is 2.07. The molecule has 100 valence electrons. The van der Waals surface area contributed by atoms with Crippen molar-refractivity contribution >= 4 is 23.1 Å². The van der Waals surface area contributed by atoms with Crippen molar-refractivity contribution in [2.75, 3.05) is 5.32 Å². The first kappa shape index (κ1) is 13.5. The van der Waals surface area contributed by atoms with Gasteiger partial charge in [0.05, 0.1) is 6.20 Å². The molecule has 1 aromatic heterocycles. The van der Waals surface area contributed by atoms with E-state index in [-0.39, 0.29) is 6.07 Å². The standard InChI is InChI=1S/C10H3ClF5N3/c11-10-17-2-5(14)9(19-10)18-8-6(15)3(12)1-4(13)7(8)16/h1-2H,(H,17,18,19). The Morgan fingerprint density at radius 3 is 2.11 bits per heavy atom. The van der Waals surface area contributed by atoms with Crippen molar-refractivity contribution in [3.63, 3.8) is 0 Å². The molecule has 0 atom stereocenters. The monoisotopic (exact) mass is 295 g/mol. The van der Waals surface area contributed by atoms with Crippen molar-refractivity contribution in [3.8, 4) is 0 Å². The van der Waals surface area contributed by atoms with E-state index < -0.39 is 45.9 Å². The maximum atomic E-state index is 13.3. The Labute approximate surface area is 108 Å². The summed E-state index contributed by atoms with van der Waals surface area (Å²) in [6, 6.07) is 0.0269. The van der Waals surface area contributed by atoms with Crippen molar-refractivity contribution < 1.29 is 22.0 Å². The zero-order chi connectivity index (χ0) is 14.2. The minimum absolute atomic E-state index is 0.0269. The highest BCUT2D eigenvalue weighted by molar-refractivity contribution is 6.28. The molecule has 0 unspecified atom stereocenters. The van der Waals surface area contributed by atoms with Crippen LogP contribution in [0.5, 0.6) is 0 Å². The zero-order valence-corrected chi connectivity index (χ0v) is 9.57. The Morgan fingerprint density at radius 1 is 0.947 bits per heavy atom. The number of rotatable bonds is 2. The van der Waals surface area contributed by atoms with E-state index in [0.29, 0.717) is 6.20 Å². The number of hydrogen-bond donors (Lipinski definition) is 1. The molecule has 19 heavy (non-hydrogen) atoms. The van der Waals surface area contributed by atoms with Crippen LogP contribution in [0.3, 0.4) is 0 Å². The zero-order valence-electron chi connectivity index (χ0n) is 8.82. The highest BCUT2D eigenvalue weighted by atomic mass is 35.5. The summed E-state index contributed by atoms with van der Waals surface area (Å²) in [5.74, 6) is -8.53. The van der Waals surface area contributed by atoms with Gasteiger partial charge in [0, 0.05) is 6.07 Å². The quantitative estimate of drug-likeness (QED) is 0.523. The second kappa shape index (κ2) is 4.96. The van der Waals surface area contributed by atoms with Crippen LogP contribution in [0.15, 0.2) is 12.3 Å². The fourth-order valence-electron chi connectivity index (χ4n) is 1.23. The summed E-state index contributed by atoms with van der Waals surface area (Å²) in [4.78, 5) is 6.56. The summed E-state index contributed by atoms with van der Waals surface area (Å²) in [7, 11) is 0.